The van der Waals surface area contributed by atoms with Gasteiger partial charge in [0.2, 0.25) is 0 Å². The highest BCUT2D eigenvalue weighted by molar-refractivity contribution is 5.68. The molecule has 1 aliphatic rings. The normalized spacial score (nSPS) is 15.7. The van der Waals surface area contributed by atoms with Crippen LogP contribution >= 0.6 is 0 Å². The van der Waals surface area contributed by atoms with Crippen molar-refractivity contribution in [1.82, 2.24) is 5.32 Å². The predicted molar refractivity (Wildman–Crippen MR) is 73.8 cm³/mol. The summed E-state index contributed by atoms with van der Waals surface area (Å²) in [5.74, 6) is 0. The summed E-state index contributed by atoms with van der Waals surface area (Å²) >= 11 is 0. The van der Waals surface area contributed by atoms with Crippen LogP contribution in [-0.4, -0.2) is 9.85 Å². The topological polar surface area (TPSA) is 98.3 Å². The maximum absolute atomic E-state index is 11.0. The lowest BCUT2D eigenvalue weighted by molar-refractivity contribution is -0.394. The van der Waals surface area contributed by atoms with E-state index in [0.717, 1.165) is 11.6 Å². The highest BCUT2D eigenvalue weighted by Crippen LogP contribution is 2.27. The first kappa shape index (κ1) is 13.5. The zero-order valence-electron chi connectivity index (χ0n) is 10.6. The van der Waals surface area contributed by atoms with E-state index in [1.54, 1.807) is 12.3 Å². The van der Waals surface area contributed by atoms with E-state index >= 15 is 0 Å². The monoisotopic (exact) mass is 273 g/mol. The van der Waals surface area contributed by atoms with Gasteiger partial charge in [-0.2, -0.15) is 0 Å². The molecule has 1 heterocycles. The molecule has 1 N–H and O–H groups in total. The maximum atomic E-state index is 11.0. The Balaban J connectivity index is 2.49. The average Bonchev–Trinajstić information content (AvgIpc) is 2.41. The summed E-state index contributed by atoms with van der Waals surface area (Å²) < 4.78 is 0. The Kier molecular flexibility index (Phi) is 3.60. The van der Waals surface area contributed by atoms with Gasteiger partial charge in [0.1, 0.15) is 0 Å². The van der Waals surface area contributed by atoms with Crippen LogP contribution in [0, 0.1) is 20.2 Å². The molecule has 0 saturated heterocycles. The van der Waals surface area contributed by atoms with Crippen LogP contribution in [0.25, 0.3) is 6.08 Å². The van der Waals surface area contributed by atoms with E-state index in [-0.39, 0.29) is 11.4 Å². The Morgan fingerprint density at radius 1 is 1.20 bits per heavy atom. The van der Waals surface area contributed by atoms with Crippen LogP contribution in [0.4, 0.5) is 11.4 Å². The molecule has 0 amide bonds. The van der Waals surface area contributed by atoms with Gasteiger partial charge in [0.05, 0.1) is 21.5 Å². The summed E-state index contributed by atoms with van der Waals surface area (Å²) in [6.45, 7) is 1.86. The van der Waals surface area contributed by atoms with Crippen molar-refractivity contribution in [3.8, 4) is 0 Å². The van der Waals surface area contributed by atoms with E-state index in [4.69, 9.17) is 0 Å². The van der Waals surface area contributed by atoms with Gasteiger partial charge < -0.3 is 5.32 Å². The lowest BCUT2D eigenvalue weighted by Crippen LogP contribution is -2.09. The third-order valence-electron chi connectivity index (χ3n) is 2.83. The molecule has 0 unspecified atom stereocenters. The molecule has 0 radical (unpaired) electrons. The van der Waals surface area contributed by atoms with Gasteiger partial charge in [0, 0.05) is 18.0 Å². The van der Waals surface area contributed by atoms with Crippen molar-refractivity contribution in [2.75, 3.05) is 0 Å². The summed E-state index contributed by atoms with van der Waals surface area (Å²) in [4.78, 5) is 20.4. The van der Waals surface area contributed by atoms with Crippen LogP contribution in [0.15, 0.2) is 47.8 Å². The van der Waals surface area contributed by atoms with Crippen molar-refractivity contribution in [1.29, 1.82) is 0 Å². The van der Waals surface area contributed by atoms with Crippen molar-refractivity contribution in [2.24, 2.45) is 0 Å². The molecule has 1 aromatic carbocycles. The van der Waals surface area contributed by atoms with E-state index in [9.17, 15) is 20.2 Å². The molecule has 0 aliphatic carbocycles. The number of hydrogen-bond donors (Lipinski definition) is 1. The number of nitro groups is 2. The van der Waals surface area contributed by atoms with Crippen LogP contribution in [0.3, 0.4) is 0 Å². The number of allylic oxidation sites excluding steroid dienone is 3. The molecule has 0 bridgehead atoms. The highest BCUT2D eigenvalue weighted by atomic mass is 16.6. The SMILES string of the molecule is CC1=CC=CNC1=Cc1ccc([N+](=O)[O-])cc1[N+](=O)[O-]. The largest absolute Gasteiger partial charge is 0.361 e. The fraction of sp³-hybridized carbons (Fsp3) is 0.0769. The predicted octanol–water partition coefficient (Wildman–Crippen LogP) is 2.91. The minimum atomic E-state index is -0.656. The number of nitro benzene ring substituents is 2. The molecule has 0 spiro atoms. The molecular weight excluding hydrogens is 262 g/mol. The average molecular weight is 273 g/mol. The number of rotatable bonds is 3. The van der Waals surface area contributed by atoms with Gasteiger partial charge in [0.25, 0.3) is 11.4 Å². The second kappa shape index (κ2) is 5.35. The van der Waals surface area contributed by atoms with Crippen molar-refractivity contribution in [3.05, 3.63) is 73.6 Å². The lowest BCUT2D eigenvalue weighted by Gasteiger charge is -2.11. The van der Waals surface area contributed by atoms with Crippen LogP contribution < -0.4 is 5.32 Å². The van der Waals surface area contributed by atoms with Gasteiger partial charge >= 0.3 is 0 Å². The second-order valence-corrected chi connectivity index (χ2v) is 4.17. The van der Waals surface area contributed by atoms with Crippen molar-refractivity contribution in [3.63, 3.8) is 0 Å². The third-order valence-corrected chi connectivity index (χ3v) is 2.83. The Morgan fingerprint density at radius 2 is 1.95 bits per heavy atom. The van der Waals surface area contributed by atoms with Crippen LogP contribution in [0.5, 0.6) is 0 Å². The first-order chi connectivity index (χ1) is 9.49. The molecule has 7 nitrogen and oxygen atoms in total. The molecule has 1 aliphatic heterocycles. The highest BCUT2D eigenvalue weighted by Gasteiger charge is 2.18. The first-order valence-electron chi connectivity index (χ1n) is 5.74. The Bertz CT molecular complexity index is 674. The van der Waals surface area contributed by atoms with Gasteiger partial charge in [-0.05, 0) is 30.7 Å². The third kappa shape index (κ3) is 2.72. The molecule has 2 rings (SSSR count). The summed E-state index contributed by atoms with van der Waals surface area (Å²) in [6, 6.07) is 3.58. The van der Waals surface area contributed by atoms with E-state index in [2.05, 4.69) is 5.32 Å². The summed E-state index contributed by atoms with van der Waals surface area (Å²) in [6.07, 6.45) is 6.98. The molecule has 7 heteroatoms. The number of dihydropyridines is 1. The van der Waals surface area contributed by atoms with Crippen molar-refractivity contribution < 1.29 is 9.85 Å². The van der Waals surface area contributed by atoms with Crippen molar-refractivity contribution >= 4 is 17.5 Å². The Morgan fingerprint density at radius 3 is 2.55 bits per heavy atom. The Labute approximate surface area is 114 Å². The first-order valence-corrected chi connectivity index (χ1v) is 5.74. The van der Waals surface area contributed by atoms with Gasteiger partial charge in [0.15, 0.2) is 0 Å². The number of benzene rings is 1. The molecule has 102 valence electrons. The van der Waals surface area contributed by atoms with Gasteiger partial charge in [-0.15, -0.1) is 0 Å². The minimum absolute atomic E-state index is 0.296. The van der Waals surface area contributed by atoms with Gasteiger partial charge in [-0.25, -0.2) is 0 Å². The summed E-state index contributed by atoms with van der Waals surface area (Å²) in [5.41, 5.74) is 1.34. The van der Waals surface area contributed by atoms with E-state index in [1.807, 2.05) is 19.1 Å². The molecule has 0 fully saturated rings. The number of nitrogens with zero attached hydrogens (tertiary/aromatic N) is 2. The molecule has 20 heavy (non-hydrogen) atoms. The molecule has 0 saturated carbocycles. The number of non-ortho nitro benzene ring substituents is 1. The summed E-state index contributed by atoms with van der Waals surface area (Å²) in [7, 11) is 0. The zero-order valence-corrected chi connectivity index (χ0v) is 10.6. The summed E-state index contributed by atoms with van der Waals surface area (Å²) in [5, 5.41) is 24.7. The minimum Gasteiger partial charge on any atom is -0.361 e. The standard InChI is InChI=1S/C13H11N3O4/c1-9-3-2-6-14-12(9)7-10-4-5-11(15(17)18)8-13(10)16(19)20/h2-8,14H,1H3. The number of hydrogen-bond acceptors (Lipinski definition) is 5. The maximum Gasteiger partial charge on any atom is 0.283 e. The van der Waals surface area contributed by atoms with Gasteiger partial charge in [-0.1, -0.05) is 6.08 Å². The van der Waals surface area contributed by atoms with E-state index < -0.39 is 9.85 Å². The van der Waals surface area contributed by atoms with Crippen LogP contribution in [-0.2, 0) is 0 Å². The van der Waals surface area contributed by atoms with Gasteiger partial charge in [-0.3, -0.25) is 20.2 Å². The quantitative estimate of drug-likeness (QED) is 0.674. The molecule has 0 atom stereocenters. The fourth-order valence-electron chi connectivity index (χ4n) is 1.77. The van der Waals surface area contributed by atoms with E-state index in [1.165, 1.54) is 12.1 Å². The van der Waals surface area contributed by atoms with Crippen LogP contribution in [0.2, 0.25) is 0 Å². The fourth-order valence-corrected chi connectivity index (χ4v) is 1.77. The Hall–Kier alpha value is -2.96. The number of nitrogens with one attached hydrogen (secondary N) is 1. The zero-order chi connectivity index (χ0) is 14.7. The smallest absolute Gasteiger partial charge is 0.283 e. The lowest BCUT2D eigenvalue weighted by atomic mass is 10.1. The second-order valence-electron chi connectivity index (χ2n) is 4.17. The molecular formula is C13H11N3O4. The van der Waals surface area contributed by atoms with Crippen LogP contribution in [0.1, 0.15) is 12.5 Å². The molecule has 1 aromatic rings. The molecule has 0 aromatic heterocycles. The van der Waals surface area contributed by atoms with Crippen molar-refractivity contribution in [2.45, 2.75) is 6.92 Å². The van der Waals surface area contributed by atoms with E-state index in [0.29, 0.717) is 11.3 Å².